The standard InChI is InChI=1S/C13H17NO3/c1-2-13(16)14-8-11(15)9-3-4-12-10(7-9)5-6-17-12/h3-4,7,11,15H,2,5-6,8H2,1H3,(H,14,16). The van der Waals surface area contributed by atoms with Crippen LogP contribution in [-0.4, -0.2) is 24.2 Å². The Morgan fingerprint density at radius 3 is 3.18 bits per heavy atom. The van der Waals surface area contributed by atoms with Gasteiger partial charge in [0.25, 0.3) is 0 Å². The summed E-state index contributed by atoms with van der Waals surface area (Å²) in [6, 6.07) is 5.67. The Bertz CT molecular complexity index is 417. The Kier molecular flexibility index (Phi) is 3.64. The Morgan fingerprint density at radius 2 is 2.41 bits per heavy atom. The first kappa shape index (κ1) is 11.9. The highest BCUT2D eigenvalue weighted by molar-refractivity contribution is 5.75. The molecule has 4 nitrogen and oxygen atoms in total. The van der Waals surface area contributed by atoms with Gasteiger partial charge in [-0.1, -0.05) is 13.0 Å². The smallest absolute Gasteiger partial charge is 0.219 e. The Morgan fingerprint density at radius 1 is 1.59 bits per heavy atom. The van der Waals surface area contributed by atoms with Crippen molar-refractivity contribution < 1.29 is 14.6 Å². The number of rotatable bonds is 4. The van der Waals surface area contributed by atoms with E-state index < -0.39 is 6.10 Å². The highest BCUT2D eigenvalue weighted by Crippen LogP contribution is 2.27. The lowest BCUT2D eigenvalue weighted by molar-refractivity contribution is -0.121. The highest BCUT2D eigenvalue weighted by Gasteiger charge is 2.15. The average Bonchev–Trinajstić information content (AvgIpc) is 2.82. The van der Waals surface area contributed by atoms with Crippen molar-refractivity contribution in [3.8, 4) is 5.75 Å². The van der Waals surface area contributed by atoms with Crippen molar-refractivity contribution in [2.24, 2.45) is 0 Å². The van der Waals surface area contributed by atoms with Gasteiger partial charge in [-0.05, 0) is 23.3 Å². The molecule has 0 fully saturated rings. The van der Waals surface area contributed by atoms with Gasteiger partial charge in [0.15, 0.2) is 0 Å². The van der Waals surface area contributed by atoms with Crippen molar-refractivity contribution in [3.63, 3.8) is 0 Å². The van der Waals surface area contributed by atoms with E-state index in [1.54, 1.807) is 6.92 Å². The monoisotopic (exact) mass is 235 g/mol. The fourth-order valence-electron chi connectivity index (χ4n) is 1.87. The van der Waals surface area contributed by atoms with Gasteiger partial charge in [-0.25, -0.2) is 0 Å². The minimum Gasteiger partial charge on any atom is -0.493 e. The maximum absolute atomic E-state index is 11.1. The molecule has 1 aliphatic heterocycles. The molecule has 1 heterocycles. The number of hydrogen-bond donors (Lipinski definition) is 2. The molecular formula is C13H17NO3. The van der Waals surface area contributed by atoms with E-state index in [1.165, 1.54) is 0 Å². The number of amides is 1. The van der Waals surface area contributed by atoms with E-state index >= 15 is 0 Å². The summed E-state index contributed by atoms with van der Waals surface area (Å²) in [4.78, 5) is 11.1. The maximum atomic E-state index is 11.1. The van der Waals surface area contributed by atoms with E-state index in [1.807, 2.05) is 18.2 Å². The van der Waals surface area contributed by atoms with Crippen LogP contribution in [0.2, 0.25) is 0 Å². The van der Waals surface area contributed by atoms with Crippen molar-refractivity contribution in [2.75, 3.05) is 13.2 Å². The van der Waals surface area contributed by atoms with Gasteiger partial charge in [-0.15, -0.1) is 0 Å². The number of nitrogens with one attached hydrogen (secondary N) is 1. The van der Waals surface area contributed by atoms with Crippen molar-refractivity contribution in [1.82, 2.24) is 5.32 Å². The first-order valence-electron chi connectivity index (χ1n) is 5.91. The number of hydrogen-bond acceptors (Lipinski definition) is 3. The van der Waals surface area contributed by atoms with E-state index in [0.29, 0.717) is 13.0 Å². The zero-order valence-electron chi connectivity index (χ0n) is 9.90. The number of ether oxygens (including phenoxy) is 1. The van der Waals surface area contributed by atoms with Crippen LogP contribution in [0.5, 0.6) is 5.75 Å². The fraction of sp³-hybridized carbons (Fsp3) is 0.462. The fourth-order valence-corrected chi connectivity index (χ4v) is 1.87. The predicted molar refractivity (Wildman–Crippen MR) is 63.9 cm³/mol. The molecule has 0 aromatic heterocycles. The van der Waals surface area contributed by atoms with Gasteiger partial charge in [0.1, 0.15) is 5.75 Å². The molecule has 2 rings (SSSR count). The quantitative estimate of drug-likeness (QED) is 0.824. The van der Waals surface area contributed by atoms with Gasteiger partial charge in [0.05, 0.1) is 12.7 Å². The van der Waals surface area contributed by atoms with Crippen molar-refractivity contribution in [3.05, 3.63) is 29.3 Å². The molecule has 1 unspecified atom stereocenters. The Hall–Kier alpha value is -1.55. The Labute approximate surface area is 101 Å². The molecule has 0 aliphatic carbocycles. The second-order valence-electron chi connectivity index (χ2n) is 4.14. The molecule has 0 radical (unpaired) electrons. The number of fused-ring (bicyclic) bond motifs is 1. The summed E-state index contributed by atoms with van der Waals surface area (Å²) in [6.45, 7) is 2.75. The zero-order chi connectivity index (χ0) is 12.3. The lowest BCUT2D eigenvalue weighted by Crippen LogP contribution is -2.27. The van der Waals surface area contributed by atoms with Crippen LogP contribution in [0.3, 0.4) is 0 Å². The number of aliphatic hydroxyl groups is 1. The molecule has 1 atom stereocenters. The second-order valence-corrected chi connectivity index (χ2v) is 4.14. The molecule has 0 bridgehead atoms. The first-order chi connectivity index (χ1) is 8.20. The molecule has 2 N–H and O–H groups in total. The van der Waals surface area contributed by atoms with E-state index in [0.717, 1.165) is 23.3 Å². The van der Waals surface area contributed by atoms with E-state index in [2.05, 4.69) is 5.32 Å². The van der Waals surface area contributed by atoms with Gasteiger partial charge >= 0.3 is 0 Å². The number of aliphatic hydroxyl groups excluding tert-OH is 1. The molecule has 0 spiro atoms. The van der Waals surface area contributed by atoms with Crippen molar-refractivity contribution in [1.29, 1.82) is 0 Å². The van der Waals surface area contributed by atoms with Crippen LogP contribution in [0.1, 0.15) is 30.6 Å². The molecule has 17 heavy (non-hydrogen) atoms. The highest BCUT2D eigenvalue weighted by atomic mass is 16.5. The number of carbonyl (C=O) groups excluding carboxylic acids is 1. The van der Waals surface area contributed by atoms with E-state index in [-0.39, 0.29) is 12.5 Å². The summed E-state index contributed by atoms with van der Waals surface area (Å²) in [5.41, 5.74) is 1.95. The van der Waals surface area contributed by atoms with Crippen LogP contribution < -0.4 is 10.1 Å². The normalized spacial score (nSPS) is 14.9. The van der Waals surface area contributed by atoms with Crippen molar-refractivity contribution in [2.45, 2.75) is 25.9 Å². The molecule has 0 saturated carbocycles. The van der Waals surface area contributed by atoms with Crippen LogP contribution in [-0.2, 0) is 11.2 Å². The lowest BCUT2D eigenvalue weighted by atomic mass is 10.0. The Balaban J connectivity index is 1.99. The van der Waals surface area contributed by atoms with Gasteiger partial charge in [-0.3, -0.25) is 4.79 Å². The van der Waals surface area contributed by atoms with Crippen LogP contribution in [0.4, 0.5) is 0 Å². The topological polar surface area (TPSA) is 58.6 Å². The third kappa shape index (κ3) is 2.77. The van der Waals surface area contributed by atoms with Crippen LogP contribution in [0.25, 0.3) is 0 Å². The second kappa shape index (κ2) is 5.19. The molecule has 4 heteroatoms. The molecule has 1 amide bonds. The predicted octanol–water partition coefficient (Wildman–Crippen LogP) is 1.18. The minimum atomic E-state index is -0.656. The van der Waals surface area contributed by atoms with Gasteiger partial charge in [0, 0.05) is 19.4 Å². The summed E-state index contributed by atoms with van der Waals surface area (Å²) < 4.78 is 5.40. The largest absolute Gasteiger partial charge is 0.493 e. The van der Waals surface area contributed by atoms with Crippen LogP contribution >= 0.6 is 0 Å². The lowest BCUT2D eigenvalue weighted by Gasteiger charge is -2.12. The number of benzene rings is 1. The van der Waals surface area contributed by atoms with E-state index in [4.69, 9.17) is 4.74 Å². The third-order valence-electron chi connectivity index (χ3n) is 2.91. The molecule has 1 aromatic carbocycles. The SMILES string of the molecule is CCC(=O)NCC(O)c1ccc2c(c1)CCO2. The summed E-state index contributed by atoms with van der Waals surface area (Å²) in [5.74, 6) is 0.854. The molecular weight excluding hydrogens is 218 g/mol. The van der Waals surface area contributed by atoms with E-state index in [9.17, 15) is 9.90 Å². The van der Waals surface area contributed by atoms with Gasteiger partial charge in [-0.2, -0.15) is 0 Å². The number of carbonyl (C=O) groups is 1. The third-order valence-corrected chi connectivity index (χ3v) is 2.91. The summed E-state index contributed by atoms with van der Waals surface area (Å²) >= 11 is 0. The van der Waals surface area contributed by atoms with Gasteiger partial charge < -0.3 is 15.2 Å². The molecule has 1 aliphatic rings. The van der Waals surface area contributed by atoms with Gasteiger partial charge in [0.2, 0.25) is 5.91 Å². The van der Waals surface area contributed by atoms with Crippen molar-refractivity contribution >= 4 is 5.91 Å². The molecule has 92 valence electrons. The molecule has 0 saturated heterocycles. The summed E-state index contributed by atoms with van der Waals surface area (Å²) in [7, 11) is 0. The maximum Gasteiger partial charge on any atom is 0.219 e. The summed E-state index contributed by atoms with van der Waals surface area (Å²) in [6.07, 6.45) is 0.665. The zero-order valence-corrected chi connectivity index (χ0v) is 9.90. The minimum absolute atomic E-state index is 0.0476. The average molecular weight is 235 g/mol. The summed E-state index contributed by atoms with van der Waals surface area (Å²) in [5, 5.41) is 12.6. The van der Waals surface area contributed by atoms with Crippen LogP contribution in [0.15, 0.2) is 18.2 Å². The first-order valence-corrected chi connectivity index (χ1v) is 5.91. The van der Waals surface area contributed by atoms with Crippen LogP contribution in [0, 0.1) is 0 Å². The molecule has 1 aromatic rings.